The van der Waals surface area contributed by atoms with E-state index in [2.05, 4.69) is 20.8 Å². The number of Topliss-reactive ketones (excluding diaryl/α,β-unsaturated/α-hetero) is 1. The molecule has 4 saturated carbocycles. The number of ketones is 1. The fourth-order valence-electron chi connectivity index (χ4n) is 7.29. The number of aliphatic hydroxyl groups is 1. The lowest BCUT2D eigenvalue weighted by Crippen LogP contribution is -2.55. The topological polar surface area (TPSA) is 37.3 Å². The summed E-state index contributed by atoms with van der Waals surface area (Å²) in [5.74, 6) is 3.44. The van der Waals surface area contributed by atoms with Crippen LogP contribution in [-0.2, 0) is 4.79 Å². The molecule has 0 aromatic heterocycles. The van der Waals surface area contributed by atoms with Crippen LogP contribution in [0.25, 0.3) is 0 Å². The molecule has 2 heteroatoms. The van der Waals surface area contributed by atoms with Crippen LogP contribution in [0.4, 0.5) is 0 Å². The van der Waals surface area contributed by atoms with Crippen molar-refractivity contribution in [2.75, 3.05) is 0 Å². The maximum Gasteiger partial charge on any atom is 0.133 e. The fraction of sp³-hybridized carbons (Fsp3) is 0.950. The molecule has 4 aliphatic rings. The lowest BCUT2D eigenvalue weighted by molar-refractivity contribution is -0.152. The lowest BCUT2D eigenvalue weighted by atomic mass is 9.44. The average Bonchev–Trinajstić information content (AvgIpc) is 2.70. The van der Waals surface area contributed by atoms with Crippen molar-refractivity contribution in [3.05, 3.63) is 0 Å². The van der Waals surface area contributed by atoms with Gasteiger partial charge in [0.15, 0.2) is 0 Å². The molecule has 0 aromatic carbocycles. The molecule has 0 radical (unpaired) electrons. The Morgan fingerprint density at radius 1 is 0.955 bits per heavy atom. The first-order valence-electron chi connectivity index (χ1n) is 9.52. The number of hydrogen-bond donors (Lipinski definition) is 1. The van der Waals surface area contributed by atoms with Gasteiger partial charge >= 0.3 is 0 Å². The highest BCUT2D eigenvalue weighted by Crippen LogP contribution is 2.67. The van der Waals surface area contributed by atoms with Crippen LogP contribution in [0, 0.1) is 34.5 Å². The molecule has 4 unspecified atom stereocenters. The quantitative estimate of drug-likeness (QED) is 0.722. The summed E-state index contributed by atoms with van der Waals surface area (Å²) < 4.78 is 0. The van der Waals surface area contributed by atoms with Gasteiger partial charge in [-0.05, 0) is 86.4 Å². The molecule has 0 spiro atoms. The molecule has 0 heterocycles. The molecule has 0 saturated heterocycles. The van der Waals surface area contributed by atoms with E-state index < -0.39 is 5.60 Å². The smallest absolute Gasteiger partial charge is 0.133 e. The number of carbonyl (C=O) groups excluding carboxylic acids is 1. The minimum Gasteiger partial charge on any atom is -0.390 e. The maximum absolute atomic E-state index is 11.9. The predicted octanol–water partition coefficient (Wildman–Crippen LogP) is 4.35. The van der Waals surface area contributed by atoms with Crippen LogP contribution in [0.1, 0.15) is 78.6 Å². The van der Waals surface area contributed by atoms with Crippen LogP contribution in [0.3, 0.4) is 0 Å². The van der Waals surface area contributed by atoms with Gasteiger partial charge in [-0.25, -0.2) is 0 Å². The van der Waals surface area contributed by atoms with E-state index in [-0.39, 0.29) is 5.41 Å². The van der Waals surface area contributed by atoms with Crippen molar-refractivity contribution in [2.24, 2.45) is 34.5 Å². The Bertz CT molecular complexity index is 496. The Kier molecular flexibility index (Phi) is 3.16. The van der Waals surface area contributed by atoms with E-state index in [1.165, 1.54) is 32.1 Å². The largest absolute Gasteiger partial charge is 0.390 e. The van der Waals surface area contributed by atoms with Crippen LogP contribution in [0.2, 0.25) is 0 Å². The van der Waals surface area contributed by atoms with Crippen LogP contribution < -0.4 is 0 Å². The number of hydrogen-bond acceptors (Lipinski definition) is 2. The first kappa shape index (κ1) is 15.2. The molecule has 4 fully saturated rings. The van der Waals surface area contributed by atoms with Gasteiger partial charge < -0.3 is 5.11 Å². The van der Waals surface area contributed by atoms with Crippen molar-refractivity contribution in [3.63, 3.8) is 0 Å². The fourth-order valence-corrected chi connectivity index (χ4v) is 7.29. The van der Waals surface area contributed by atoms with Gasteiger partial charge in [-0.2, -0.15) is 0 Å². The molecule has 7 atom stereocenters. The summed E-state index contributed by atoms with van der Waals surface area (Å²) in [6.07, 6.45) is 9.98. The minimum absolute atomic E-state index is 0.127. The highest BCUT2D eigenvalue weighted by atomic mass is 16.3. The molecular weight excluding hydrogens is 272 g/mol. The van der Waals surface area contributed by atoms with Crippen molar-refractivity contribution in [3.8, 4) is 0 Å². The second-order valence-corrected chi connectivity index (χ2v) is 9.67. The molecule has 22 heavy (non-hydrogen) atoms. The van der Waals surface area contributed by atoms with E-state index in [9.17, 15) is 9.90 Å². The summed E-state index contributed by atoms with van der Waals surface area (Å²) in [6, 6.07) is 0. The first-order valence-corrected chi connectivity index (χ1v) is 9.52. The van der Waals surface area contributed by atoms with Gasteiger partial charge in [-0.1, -0.05) is 13.8 Å². The number of rotatable bonds is 0. The summed E-state index contributed by atoms with van der Waals surface area (Å²) in [7, 11) is 0. The Labute approximate surface area is 135 Å². The van der Waals surface area contributed by atoms with E-state index >= 15 is 0 Å². The summed E-state index contributed by atoms with van der Waals surface area (Å²) in [5, 5.41) is 10.9. The van der Waals surface area contributed by atoms with E-state index in [1.54, 1.807) is 0 Å². The van der Waals surface area contributed by atoms with Crippen molar-refractivity contribution in [1.29, 1.82) is 0 Å². The number of carbonyl (C=O) groups is 1. The highest BCUT2D eigenvalue weighted by Gasteiger charge is 2.63. The second-order valence-electron chi connectivity index (χ2n) is 9.67. The van der Waals surface area contributed by atoms with E-state index in [4.69, 9.17) is 0 Å². The van der Waals surface area contributed by atoms with Gasteiger partial charge in [0.25, 0.3) is 0 Å². The summed E-state index contributed by atoms with van der Waals surface area (Å²) in [4.78, 5) is 11.9. The van der Waals surface area contributed by atoms with E-state index in [0.29, 0.717) is 23.0 Å². The van der Waals surface area contributed by atoms with Gasteiger partial charge in [-0.15, -0.1) is 0 Å². The average molecular weight is 304 g/mol. The highest BCUT2D eigenvalue weighted by molar-refractivity contribution is 5.79. The van der Waals surface area contributed by atoms with Gasteiger partial charge in [-0.3, -0.25) is 4.79 Å². The van der Waals surface area contributed by atoms with Crippen LogP contribution >= 0.6 is 0 Å². The second kappa shape index (κ2) is 4.59. The van der Waals surface area contributed by atoms with Crippen molar-refractivity contribution in [1.82, 2.24) is 0 Å². The van der Waals surface area contributed by atoms with Gasteiger partial charge in [0.2, 0.25) is 0 Å². The van der Waals surface area contributed by atoms with Crippen LogP contribution in [0.15, 0.2) is 0 Å². The molecule has 124 valence electrons. The third-order valence-corrected chi connectivity index (χ3v) is 9.04. The molecule has 1 N–H and O–H groups in total. The zero-order valence-corrected chi connectivity index (χ0v) is 14.5. The van der Waals surface area contributed by atoms with E-state index in [0.717, 1.165) is 37.5 Å². The summed E-state index contributed by atoms with van der Waals surface area (Å²) in [5.41, 5.74) is 0.0530. The first-order chi connectivity index (χ1) is 10.3. The summed E-state index contributed by atoms with van der Waals surface area (Å²) >= 11 is 0. The van der Waals surface area contributed by atoms with Crippen molar-refractivity contribution >= 4 is 5.78 Å². The Hall–Kier alpha value is -0.370. The normalized spacial score (nSPS) is 57.9. The number of fused-ring (bicyclic) bond motifs is 5. The molecule has 0 bridgehead atoms. The Morgan fingerprint density at radius 3 is 2.45 bits per heavy atom. The van der Waals surface area contributed by atoms with Crippen LogP contribution in [0.5, 0.6) is 0 Å². The van der Waals surface area contributed by atoms with E-state index in [1.807, 2.05) is 0 Å². The van der Waals surface area contributed by atoms with Crippen molar-refractivity contribution < 1.29 is 9.90 Å². The molecule has 0 aliphatic heterocycles. The molecule has 4 rings (SSSR count). The van der Waals surface area contributed by atoms with Crippen molar-refractivity contribution in [2.45, 2.75) is 84.2 Å². The SMILES string of the molecule is CC12CCC(=O)C[C@@H]1CCC1C2CC[C@@]2(C)C1CC[C@]2(C)O. The monoisotopic (exact) mass is 304 g/mol. The maximum atomic E-state index is 11.9. The molecule has 0 amide bonds. The van der Waals surface area contributed by atoms with Gasteiger partial charge in [0.1, 0.15) is 5.78 Å². The molecule has 0 aromatic rings. The Balaban J connectivity index is 1.65. The minimum atomic E-state index is -0.469. The molecule has 2 nitrogen and oxygen atoms in total. The standard InChI is InChI=1S/C20H32O2/c1-18-9-6-14(21)12-13(18)4-5-15-16(18)7-10-19(2)17(15)8-11-20(19,3)22/h13,15-17,22H,4-12H2,1-3H3/t13-,15?,16?,17?,18?,19-,20-/m0/s1. The third kappa shape index (κ3) is 1.79. The van der Waals surface area contributed by atoms with Crippen LogP contribution in [-0.4, -0.2) is 16.5 Å². The summed E-state index contributed by atoms with van der Waals surface area (Å²) in [6.45, 7) is 6.94. The predicted molar refractivity (Wildman–Crippen MR) is 87.4 cm³/mol. The molecule has 4 aliphatic carbocycles. The molecular formula is C20H32O2. The lowest BCUT2D eigenvalue weighted by Gasteiger charge is -2.60. The van der Waals surface area contributed by atoms with Gasteiger partial charge in [0, 0.05) is 12.8 Å². The Morgan fingerprint density at radius 2 is 1.68 bits per heavy atom. The van der Waals surface area contributed by atoms with Gasteiger partial charge in [0.05, 0.1) is 5.60 Å². The zero-order valence-electron chi connectivity index (χ0n) is 14.5. The zero-order chi connectivity index (χ0) is 15.8. The third-order valence-electron chi connectivity index (χ3n) is 9.04.